The molecule has 0 aliphatic carbocycles. The van der Waals surface area contributed by atoms with Crippen LogP contribution in [0.25, 0.3) is 0 Å². The zero-order valence-corrected chi connectivity index (χ0v) is 17.9. The summed E-state index contributed by atoms with van der Waals surface area (Å²) in [5, 5.41) is 6.67. The zero-order chi connectivity index (χ0) is 17.7. The number of rotatable bonds is 5. The number of amides is 1. The van der Waals surface area contributed by atoms with Crippen LogP contribution in [0, 0.1) is 0 Å². The highest BCUT2D eigenvalue weighted by atomic mass is 127. The van der Waals surface area contributed by atoms with Crippen LogP contribution in [0.1, 0.15) is 38.2 Å². The number of anilines is 1. The first-order valence-electron chi connectivity index (χ1n) is 9.07. The van der Waals surface area contributed by atoms with Gasteiger partial charge >= 0.3 is 0 Å². The Labute approximate surface area is 172 Å². The lowest BCUT2D eigenvalue weighted by molar-refractivity contribution is -0.117. The third-order valence-corrected chi connectivity index (χ3v) is 4.94. The Morgan fingerprint density at radius 3 is 2.62 bits per heavy atom. The standard InChI is InChI=1S/C19H28N4O2.HI/c1-19(10-4-12-25-19)14-22-18(20-2)21-13-15-6-8-16(9-7-15)23-11-3-5-17(23)24;/h6-9H,3-5,10-14H2,1-2H3,(H2,20,21,22);1H. The molecular formula is C19H29IN4O2. The fourth-order valence-electron chi connectivity index (χ4n) is 3.37. The van der Waals surface area contributed by atoms with E-state index < -0.39 is 0 Å². The van der Waals surface area contributed by atoms with Crippen molar-refractivity contribution in [1.82, 2.24) is 10.6 Å². The van der Waals surface area contributed by atoms with Crippen molar-refractivity contribution in [2.75, 3.05) is 31.6 Å². The van der Waals surface area contributed by atoms with Gasteiger partial charge in [-0.05, 0) is 43.9 Å². The molecule has 1 aromatic carbocycles. The van der Waals surface area contributed by atoms with Crippen LogP contribution in [-0.2, 0) is 16.1 Å². The van der Waals surface area contributed by atoms with E-state index in [-0.39, 0.29) is 35.5 Å². The van der Waals surface area contributed by atoms with Crippen molar-refractivity contribution in [2.45, 2.75) is 44.8 Å². The zero-order valence-electron chi connectivity index (χ0n) is 15.6. The predicted octanol–water partition coefficient (Wildman–Crippen LogP) is 2.67. The molecule has 2 N–H and O–H groups in total. The molecule has 1 unspecified atom stereocenters. The van der Waals surface area contributed by atoms with Crippen LogP contribution < -0.4 is 15.5 Å². The van der Waals surface area contributed by atoms with Crippen molar-refractivity contribution in [3.63, 3.8) is 0 Å². The highest BCUT2D eigenvalue weighted by Crippen LogP contribution is 2.24. The van der Waals surface area contributed by atoms with Crippen molar-refractivity contribution in [3.8, 4) is 0 Å². The molecule has 2 saturated heterocycles. The van der Waals surface area contributed by atoms with Gasteiger partial charge in [-0.2, -0.15) is 0 Å². The summed E-state index contributed by atoms with van der Waals surface area (Å²) in [6, 6.07) is 8.15. The maximum atomic E-state index is 11.8. The molecule has 144 valence electrons. The van der Waals surface area contributed by atoms with E-state index in [0.29, 0.717) is 13.0 Å². The first-order valence-corrected chi connectivity index (χ1v) is 9.07. The van der Waals surface area contributed by atoms with Crippen molar-refractivity contribution in [1.29, 1.82) is 0 Å². The summed E-state index contributed by atoms with van der Waals surface area (Å²) in [7, 11) is 1.77. The molecule has 0 spiro atoms. The van der Waals surface area contributed by atoms with E-state index in [9.17, 15) is 4.79 Å². The van der Waals surface area contributed by atoms with Gasteiger partial charge in [-0.25, -0.2) is 0 Å². The van der Waals surface area contributed by atoms with Gasteiger partial charge in [-0.1, -0.05) is 12.1 Å². The minimum atomic E-state index is -0.0957. The summed E-state index contributed by atoms with van der Waals surface area (Å²) in [5.74, 6) is 0.994. The summed E-state index contributed by atoms with van der Waals surface area (Å²) in [4.78, 5) is 17.9. The minimum Gasteiger partial charge on any atom is -0.373 e. The van der Waals surface area contributed by atoms with Gasteiger partial charge in [0.2, 0.25) is 5.91 Å². The molecular weight excluding hydrogens is 443 g/mol. The number of benzene rings is 1. The van der Waals surface area contributed by atoms with E-state index in [1.165, 1.54) is 0 Å². The summed E-state index contributed by atoms with van der Waals surface area (Å²) in [5.41, 5.74) is 2.04. The predicted molar refractivity (Wildman–Crippen MR) is 115 cm³/mol. The lowest BCUT2D eigenvalue weighted by atomic mass is 10.0. The van der Waals surface area contributed by atoms with Gasteiger partial charge in [0.15, 0.2) is 5.96 Å². The lowest BCUT2D eigenvalue weighted by Gasteiger charge is -2.24. The first-order chi connectivity index (χ1) is 12.1. The summed E-state index contributed by atoms with van der Waals surface area (Å²) < 4.78 is 5.79. The van der Waals surface area contributed by atoms with Gasteiger partial charge in [0, 0.05) is 45.4 Å². The molecule has 0 saturated carbocycles. The van der Waals surface area contributed by atoms with E-state index in [0.717, 1.165) is 56.2 Å². The average molecular weight is 472 g/mol. The van der Waals surface area contributed by atoms with E-state index >= 15 is 0 Å². The number of halogens is 1. The van der Waals surface area contributed by atoms with E-state index in [1.54, 1.807) is 7.05 Å². The molecule has 2 fully saturated rings. The molecule has 0 radical (unpaired) electrons. The maximum Gasteiger partial charge on any atom is 0.227 e. The molecule has 7 heteroatoms. The van der Waals surface area contributed by atoms with Crippen molar-refractivity contribution >= 4 is 41.5 Å². The van der Waals surface area contributed by atoms with Crippen LogP contribution in [0.3, 0.4) is 0 Å². The Balaban J connectivity index is 0.00000243. The molecule has 26 heavy (non-hydrogen) atoms. The van der Waals surface area contributed by atoms with Crippen LogP contribution >= 0.6 is 24.0 Å². The molecule has 3 rings (SSSR count). The van der Waals surface area contributed by atoms with Gasteiger partial charge in [0.25, 0.3) is 0 Å². The third-order valence-electron chi connectivity index (χ3n) is 4.94. The van der Waals surface area contributed by atoms with E-state index in [2.05, 4.69) is 34.7 Å². The lowest BCUT2D eigenvalue weighted by Crippen LogP contribution is -2.45. The molecule has 2 aliphatic rings. The van der Waals surface area contributed by atoms with E-state index in [4.69, 9.17) is 4.74 Å². The maximum absolute atomic E-state index is 11.8. The normalized spacial score (nSPS) is 23.1. The fraction of sp³-hybridized carbons (Fsp3) is 0.579. The smallest absolute Gasteiger partial charge is 0.227 e. The van der Waals surface area contributed by atoms with Crippen molar-refractivity contribution < 1.29 is 9.53 Å². The van der Waals surface area contributed by atoms with Crippen molar-refractivity contribution in [2.24, 2.45) is 4.99 Å². The van der Waals surface area contributed by atoms with Gasteiger partial charge in [-0.15, -0.1) is 24.0 Å². The number of nitrogens with one attached hydrogen (secondary N) is 2. The second kappa shape index (κ2) is 9.55. The molecule has 2 aliphatic heterocycles. The van der Waals surface area contributed by atoms with Gasteiger partial charge in [0.1, 0.15) is 0 Å². The Kier molecular flexibility index (Phi) is 7.69. The van der Waals surface area contributed by atoms with Crippen LogP contribution in [0.2, 0.25) is 0 Å². The number of hydrogen-bond acceptors (Lipinski definition) is 3. The summed E-state index contributed by atoms with van der Waals surface area (Å²) in [6.45, 7) is 5.25. The number of carbonyl (C=O) groups excluding carboxylic acids is 1. The van der Waals surface area contributed by atoms with Crippen LogP contribution in [0.4, 0.5) is 5.69 Å². The largest absolute Gasteiger partial charge is 0.373 e. The third kappa shape index (κ3) is 5.33. The van der Waals surface area contributed by atoms with E-state index in [1.807, 2.05) is 17.0 Å². The van der Waals surface area contributed by atoms with Crippen LogP contribution in [0.5, 0.6) is 0 Å². The van der Waals surface area contributed by atoms with Gasteiger partial charge < -0.3 is 20.3 Å². The summed E-state index contributed by atoms with van der Waals surface area (Å²) >= 11 is 0. The highest BCUT2D eigenvalue weighted by molar-refractivity contribution is 14.0. The van der Waals surface area contributed by atoms with Gasteiger partial charge in [-0.3, -0.25) is 9.79 Å². The fourth-order valence-corrected chi connectivity index (χ4v) is 3.37. The second-order valence-electron chi connectivity index (χ2n) is 7.00. The average Bonchev–Trinajstić information content (AvgIpc) is 3.24. The topological polar surface area (TPSA) is 66.0 Å². The number of aliphatic imine (C=N–C) groups is 1. The molecule has 1 aromatic rings. The monoisotopic (exact) mass is 472 g/mol. The Morgan fingerprint density at radius 1 is 1.27 bits per heavy atom. The Hall–Kier alpha value is -1.35. The number of guanidine groups is 1. The molecule has 1 atom stereocenters. The number of ether oxygens (including phenoxy) is 1. The van der Waals surface area contributed by atoms with Gasteiger partial charge in [0.05, 0.1) is 5.60 Å². The number of carbonyl (C=O) groups is 1. The Bertz CT molecular complexity index is 627. The molecule has 0 aromatic heterocycles. The van der Waals surface area contributed by atoms with Crippen LogP contribution in [0.15, 0.2) is 29.3 Å². The Morgan fingerprint density at radius 2 is 2.04 bits per heavy atom. The van der Waals surface area contributed by atoms with Crippen LogP contribution in [-0.4, -0.2) is 44.2 Å². The molecule has 0 bridgehead atoms. The highest BCUT2D eigenvalue weighted by Gasteiger charge is 2.29. The minimum absolute atomic E-state index is 0. The summed E-state index contributed by atoms with van der Waals surface area (Å²) in [6.07, 6.45) is 3.81. The number of nitrogens with zero attached hydrogens (tertiary/aromatic N) is 2. The quantitative estimate of drug-likeness (QED) is 0.393. The molecule has 1 amide bonds. The first kappa shape index (κ1) is 21.0. The second-order valence-corrected chi connectivity index (χ2v) is 7.00. The van der Waals surface area contributed by atoms with Crippen molar-refractivity contribution in [3.05, 3.63) is 29.8 Å². The molecule has 6 nitrogen and oxygen atoms in total. The number of hydrogen-bond donors (Lipinski definition) is 2. The molecule has 2 heterocycles. The SMILES string of the molecule is CN=C(NCc1ccc(N2CCCC2=O)cc1)NCC1(C)CCCO1.I.